The van der Waals surface area contributed by atoms with Crippen LogP contribution >= 0.6 is 7.82 Å². The molecule has 8 nitrogen and oxygen atoms in total. The third kappa shape index (κ3) is 23.9. The highest BCUT2D eigenvalue weighted by molar-refractivity contribution is 7.46. The van der Waals surface area contributed by atoms with E-state index in [1.54, 1.807) is 0 Å². The molecule has 1 unspecified atom stereocenters. The molecule has 0 aliphatic heterocycles. The summed E-state index contributed by atoms with van der Waals surface area (Å²) in [5.74, 6) is -0.958. The minimum atomic E-state index is -4.71. The zero-order chi connectivity index (χ0) is 25.5. The molecule has 0 bridgehead atoms. The van der Waals surface area contributed by atoms with E-state index >= 15 is 0 Å². The number of hydrogen-bond acceptors (Lipinski definition) is 6. The molecule has 0 amide bonds. The van der Waals surface area contributed by atoms with Crippen LogP contribution in [0.2, 0.25) is 0 Å². The molecule has 0 spiro atoms. The van der Waals surface area contributed by atoms with E-state index in [1.165, 1.54) is 44.9 Å². The number of unbranched alkanes of at least 4 members (excludes halogenated alkanes) is 11. The first-order valence-corrected chi connectivity index (χ1v) is 14.5. The molecule has 0 aromatic carbocycles. The number of allylic oxidation sites excluding steroid dienone is 2. The number of esters is 2. The SMILES string of the molecule is CCCCCCCC/C=C\CCCCCCCC(=O)OC(COC(=O)CCC)COP(=O)(O)O. The fraction of sp³-hybridized carbons (Fsp3) is 0.840. The number of ether oxygens (including phenoxy) is 2. The Morgan fingerprint density at radius 2 is 1.29 bits per heavy atom. The Bertz CT molecular complexity index is 587. The Hall–Kier alpha value is -1.21. The maximum absolute atomic E-state index is 12.1. The molecule has 0 saturated heterocycles. The second-order valence-electron chi connectivity index (χ2n) is 8.67. The van der Waals surface area contributed by atoms with Crippen LogP contribution in [0.3, 0.4) is 0 Å². The molecule has 1 atom stereocenters. The Morgan fingerprint density at radius 3 is 1.85 bits per heavy atom. The van der Waals surface area contributed by atoms with Gasteiger partial charge in [0.25, 0.3) is 0 Å². The lowest BCUT2D eigenvalue weighted by Gasteiger charge is -2.18. The average molecular weight is 507 g/mol. The average Bonchev–Trinajstić information content (AvgIpc) is 2.78. The highest BCUT2D eigenvalue weighted by Gasteiger charge is 2.22. The van der Waals surface area contributed by atoms with E-state index in [0.29, 0.717) is 12.8 Å². The van der Waals surface area contributed by atoms with Gasteiger partial charge >= 0.3 is 19.8 Å². The molecular formula is C25H47O8P. The first-order chi connectivity index (χ1) is 16.3. The largest absolute Gasteiger partial charge is 0.469 e. The summed E-state index contributed by atoms with van der Waals surface area (Å²) < 4.78 is 25.5. The minimum Gasteiger partial charge on any atom is -0.462 e. The summed E-state index contributed by atoms with van der Waals surface area (Å²) in [6.07, 6.45) is 19.6. The van der Waals surface area contributed by atoms with E-state index < -0.39 is 32.5 Å². The molecule has 0 aliphatic rings. The highest BCUT2D eigenvalue weighted by Crippen LogP contribution is 2.35. The normalized spacial score (nSPS) is 12.7. The third-order valence-corrected chi connectivity index (χ3v) is 5.74. The molecule has 0 aromatic heterocycles. The molecule has 0 saturated carbocycles. The maximum atomic E-state index is 12.1. The molecule has 0 aromatic rings. The van der Waals surface area contributed by atoms with Crippen molar-refractivity contribution in [2.45, 2.75) is 123 Å². The fourth-order valence-electron chi connectivity index (χ4n) is 3.34. The maximum Gasteiger partial charge on any atom is 0.469 e. The van der Waals surface area contributed by atoms with Crippen molar-refractivity contribution >= 4 is 19.8 Å². The summed E-state index contributed by atoms with van der Waals surface area (Å²) in [5.41, 5.74) is 0. The highest BCUT2D eigenvalue weighted by atomic mass is 31.2. The lowest BCUT2D eigenvalue weighted by molar-refractivity contribution is -0.161. The molecule has 34 heavy (non-hydrogen) atoms. The number of phosphoric ester groups is 1. The van der Waals surface area contributed by atoms with Crippen LogP contribution in [0, 0.1) is 0 Å². The molecule has 200 valence electrons. The number of carbonyl (C=O) groups excluding carboxylic acids is 2. The number of rotatable bonds is 23. The first kappa shape index (κ1) is 32.8. The van der Waals surface area contributed by atoms with Crippen molar-refractivity contribution < 1.29 is 37.9 Å². The van der Waals surface area contributed by atoms with Crippen molar-refractivity contribution in [3.05, 3.63) is 12.2 Å². The van der Waals surface area contributed by atoms with Crippen LogP contribution in [0.4, 0.5) is 0 Å². The monoisotopic (exact) mass is 506 g/mol. The summed E-state index contributed by atoms with van der Waals surface area (Å²) in [6, 6.07) is 0. The van der Waals surface area contributed by atoms with E-state index in [9.17, 15) is 14.2 Å². The van der Waals surface area contributed by atoms with E-state index in [2.05, 4.69) is 23.6 Å². The van der Waals surface area contributed by atoms with Crippen LogP contribution in [0.1, 0.15) is 117 Å². The van der Waals surface area contributed by atoms with Gasteiger partial charge in [-0.2, -0.15) is 0 Å². The molecule has 0 radical (unpaired) electrons. The van der Waals surface area contributed by atoms with Crippen molar-refractivity contribution in [3.8, 4) is 0 Å². The van der Waals surface area contributed by atoms with E-state index in [-0.39, 0.29) is 19.4 Å². The summed E-state index contributed by atoms with van der Waals surface area (Å²) >= 11 is 0. The van der Waals surface area contributed by atoms with Crippen LogP contribution in [0.5, 0.6) is 0 Å². The summed E-state index contributed by atoms with van der Waals surface area (Å²) in [4.78, 5) is 41.3. The van der Waals surface area contributed by atoms with Gasteiger partial charge in [-0.05, 0) is 38.5 Å². The molecule has 0 heterocycles. The van der Waals surface area contributed by atoms with Crippen LogP contribution in [0.15, 0.2) is 12.2 Å². The van der Waals surface area contributed by atoms with Gasteiger partial charge in [-0.3, -0.25) is 14.1 Å². The third-order valence-electron chi connectivity index (χ3n) is 5.25. The first-order valence-electron chi connectivity index (χ1n) is 13.0. The summed E-state index contributed by atoms with van der Waals surface area (Å²) in [6.45, 7) is 3.23. The Labute approximate surface area is 206 Å². The van der Waals surface area contributed by atoms with Gasteiger partial charge in [0.1, 0.15) is 6.61 Å². The number of carbonyl (C=O) groups is 2. The fourth-order valence-corrected chi connectivity index (χ4v) is 3.70. The van der Waals surface area contributed by atoms with Crippen LogP contribution in [-0.4, -0.2) is 41.0 Å². The summed E-state index contributed by atoms with van der Waals surface area (Å²) in [5, 5.41) is 0. The smallest absolute Gasteiger partial charge is 0.462 e. The molecule has 0 aliphatic carbocycles. The van der Waals surface area contributed by atoms with Gasteiger partial charge < -0.3 is 19.3 Å². The van der Waals surface area contributed by atoms with Crippen molar-refractivity contribution in [1.29, 1.82) is 0 Å². The number of phosphoric acid groups is 1. The Kier molecular flexibility index (Phi) is 21.5. The molecule has 0 fully saturated rings. The Morgan fingerprint density at radius 1 is 0.735 bits per heavy atom. The minimum absolute atomic E-state index is 0.202. The summed E-state index contributed by atoms with van der Waals surface area (Å²) in [7, 11) is -4.71. The van der Waals surface area contributed by atoms with Crippen molar-refractivity contribution in [3.63, 3.8) is 0 Å². The second-order valence-corrected chi connectivity index (χ2v) is 9.90. The Balaban J connectivity index is 3.87. The van der Waals surface area contributed by atoms with E-state index in [1.807, 2.05) is 6.92 Å². The topological polar surface area (TPSA) is 119 Å². The lowest BCUT2D eigenvalue weighted by atomic mass is 10.1. The lowest BCUT2D eigenvalue weighted by Crippen LogP contribution is -2.29. The van der Waals surface area contributed by atoms with E-state index in [0.717, 1.165) is 32.1 Å². The van der Waals surface area contributed by atoms with E-state index in [4.69, 9.17) is 19.3 Å². The van der Waals surface area contributed by atoms with Gasteiger partial charge in [0, 0.05) is 12.8 Å². The predicted molar refractivity (Wildman–Crippen MR) is 133 cm³/mol. The molecule has 0 rings (SSSR count). The van der Waals surface area contributed by atoms with Gasteiger partial charge in [-0.25, -0.2) is 4.57 Å². The zero-order valence-corrected chi connectivity index (χ0v) is 22.1. The van der Waals surface area contributed by atoms with Crippen LogP contribution in [0.25, 0.3) is 0 Å². The van der Waals surface area contributed by atoms with Crippen LogP contribution < -0.4 is 0 Å². The van der Waals surface area contributed by atoms with Gasteiger partial charge in [-0.15, -0.1) is 0 Å². The van der Waals surface area contributed by atoms with Gasteiger partial charge in [0.2, 0.25) is 0 Å². The van der Waals surface area contributed by atoms with Gasteiger partial charge in [0.05, 0.1) is 6.61 Å². The van der Waals surface area contributed by atoms with Crippen molar-refractivity contribution in [2.24, 2.45) is 0 Å². The van der Waals surface area contributed by atoms with Crippen molar-refractivity contribution in [1.82, 2.24) is 0 Å². The second kappa shape index (κ2) is 22.3. The molecule has 2 N–H and O–H groups in total. The van der Waals surface area contributed by atoms with Gasteiger partial charge in [0.15, 0.2) is 6.10 Å². The standard InChI is InChI=1S/C25H47O8P/c1-3-5-6-7-8-9-10-11-12-13-14-15-16-17-18-20-25(27)33-23(22-32-34(28,29)30)21-31-24(26)19-4-2/h11-12,23H,3-10,13-22H2,1-2H3,(H2,28,29,30)/b12-11-. The van der Waals surface area contributed by atoms with Gasteiger partial charge in [-0.1, -0.05) is 77.4 Å². The predicted octanol–water partition coefficient (Wildman–Crippen LogP) is 6.39. The number of hydrogen-bond donors (Lipinski definition) is 2. The molecular weight excluding hydrogens is 459 g/mol. The molecule has 9 heteroatoms. The van der Waals surface area contributed by atoms with Crippen LogP contribution in [-0.2, 0) is 28.2 Å². The quantitative estimate of drug-likeness (QED) is 0.0708. The van der Waals surface area contributed by atoms with Crippen molar-refractivity contribution in [2.75, 3.05) is 13.2 Å². The zero-order valence-electron chi connectivity index (χ0n) is 21.3.